The number of rotatable bonds is 3. The normalized spacial score (nSPS) is 27.1. The molecule has 3 heteroatoms. The Morgan fingerprint density at radius 1 is 1.19 bits per heavy atom. The Hall–Kier alpha value is -1.51. The van der Waals surface area contributed by atoms with Crippen molar-refractivity contribution in [2.75, 3.05) is 12.4 Å². The number of hydrogen-bond donors (Lipinski definition) is 1. The van der Waals surface area contributed by atoms with Crippen LogP contribution in [0.15, 0.2) is 18.2 Å². The van der Waals surface area contributed by atoms with Crippen molar-refractivity contribution in [1.29, 1.82) is 0 Å². The first-order chi connectivity index (χ1) is 9.88. The lowest BCUT2D eigenvalue weighted by Gasteiger charge is -2.22. The Morgan fingerprint density at radius 3 is 2.43 bits per heavy atom. The van der Waals surface area contributed by atoms with Crippen molar-refractivity contribution in [2.24, 2.45) is 17.8 Å². The molecule has 1 aromatic carbocycles. The van der Waals surface area contributed by atoms with Gasteiger partial charge in [0.05, 0.1) is 12.8 Å². The van der Waals surface area contributed by atoms with Gasteiger partial charge in [0.25, 0.3) is 0 Å². The quantitative estimate of drug-likeness (QED) is 0.913. The number of ether oxygens (including phenoxy) is 1. The first kappa shape index (κ1) is 14.4. The van der Waals surface area contributed by atoms with Crippen LogP contribution in [0.25, 0.3) is 0 Å². The first-order valence-corrected chi connectivity index (χ1v) is 7.88. The van der Waals surface area contributed by atoms with Gasteiger partial charge in [-0.25, -0.2) is 0 Å². The van der Waals surface area contributed by atoms with Gasteiger partial charge in [0.1, 0.15) is 5.75 Å². The fraction of sp³-hybridized carbons (Fsp3) is 0.611. The van der Waals surface area contributed by atoms with Crippen molar-refractivity contribution in [3.63, 3.8) is 0 Å². The monoisotopic (exact) mass is 287 g/mol. The molecule has 2 aliphatic rings. The number of benzene rings is 1. The van der Waals surface area contributed by atoms with Crippen LogP contribution in [0.1, 0.15) is 45.6 Å². The van der Waals surface area contributed by atoms with Crippen LogP contribution < -0.4 is 10.1 Å². The van der Waals surface area contributed by atoms with Gasteiger partial charge in [-0.3, -0.25) is 4.79 Å². The molecule has 21 heavy (non-hydrogen) atoms. The highest BCUT2D eigenvalue weighted by Gasteiger charge is 2.48. The maximum absolute atomic E-state index is 12.4. The van der Waals surface area contributed by atoms with E-state index < -0.39 is 0 Å². The highest BCUT2D eigenvalue weighted by molar-refractivity contribution is 5.94. The van der Waals surface area contributed by atoms with Crippen molar-refractivity contribution in [3.8, 4) is 5.75 Å². The largest absolute Gasteiger partial charge is 0.495 e. The average Bonchev–Trinajstić information content (AvgIpc) is 3.04. The van der Waals surface area contributed by atoms with Crippen LogP contribution in [-0.2, 0) is 10.2 Å². The second-order valence-electron chi connectivity index (χ2n) is 7.58. The summed E-state index contributed by atoms with van der Waals surface area (Å²) in [5.74, 6) is 2.73. The Labute approximate surface area is 127 Å². The summed E-state index contributed by atoms with van der Waals surface area (Å²) >= 11 is 0. The smallest absolute Gasteiger partial charge is 0.227 e. The zero-order valence-electron chi connectivity index (χ0n) is 13.4. The lowest BCUT2D eigenvalue weighted by Crippen LogP contribution is -2.22. The lowest BCUT2D eigenvalue weighted by molar-refractivity contribution is -0.120. The molecule has 114 valence electrons. The highest BCUT2D eigenvalue weighted by Crippen LogP contribution is 2.54. The van der Waals surface area contributed by atoms with E-state index in [1.807, 2.05) is 12.1 Å². The summed E-state index contributed by atoms with van der Waals surface area (Å²) in [5.41, 5.74) is 2.06. The third kappa shape index (κ3) is 2.92. The summed E-state index contributed by atoms with van der Waals surface area (Å²) in [6.45, 7) is 6.51. The molecule has 3 nitrogen and oxygen atoms in total. The number of anilines is 1. The first-order valence-electron chi connectivity index (χ1n) is 7.88. The summed E-state index contributed by atoms with van der Waals surface area (Å²) in [7, 11) is 1.65. The van der Waals surface area contributed by atoms with E-state index in [4.69, 9.17) is 4.74 Å². The van der Waals surface area contributed by atoms with Gasteiger partial charge in [0, 0.05) is 5.92 Å². The van der Waals surface area contributed by atoms with E-state index in [1.54, 1.807) is 7.11 Å². The molecule has 1 N–H and O–H groups in total. The molecule has 2 atom stereocenters. The van der Waals surface area contributed by atoms with Gasteiger partial charge >= 0.3 is 0 Å². The molecule has 3 rings (SSSR count). The van der Waals surface area contributed by atoms with Crippen LogP contribution in [0.4, 0.5) is 5.69 Å². The van der Waals surface area contributed by atoms with E-state index >= 15 is 0 Å². The summed E-state index contributed by atoms with van der Waals surface area (Å²) in [6.07, 6.45) is 3.47. The number of nitrogens with one attached hydrogen (secondary N) is 1. The van der Waals surface area contributed by atoms with Crippen molar-refractivity contribution in [2.45, 2.75) is 45.4 Å². The third-order valence-electron chi connectivity index (χ3n) is 4.94. The number of amides is 1. The molecule has 0 saturated heterocycles. The maximum atomic E-state index is 12.4. The van der Waals surface area contributed by atoms with Gasteiger partial charge in [0.15, 0.2) is 0 Å². The van der Waals surface area contributed by atoms with E-state index in [0.717, 1.165) is 36.1 Å². The van der Waals surface area contributed by atoms with Gasteiger partial charge in [-0.2, -0.15) is 0 Å². The molecule has 1 amide bonds. The molecule has 1 aromatic rings. The predicted octanol–water partition coefficient (Wildman–Crippen LogP) is 3.98. The minimum atomic E-state index is 0.0563. The lowest BCUT2D eigenvalue weighted by atomic mass is 9.86. The molecule has 0 radical (unpaired) electrons. The molecule has 2 unspecified atom stereocenters. The van der Waals surface area contributed by atoms with Crippen molar-refractivity contribution < 1.29 is 9.53 Å². The minimum absolute atomic E-state index is 0.0563. The molecule has 0 aliphatic heterocycles. The van der Waals surface area contributed by atoms with E-state index in [1.165, 1.54) is 12.0 Å². The number of carbonyl (C=O) groups is 1. The highest BCUT2D eigenvalue weighted by atomic mass is 16.5. The Kier molecular flexibility index (Phi) is 3.46. The Bertz CT molecular complexity index is 549. The van der Waals surface area contributed by atoms with Crippen LogP contribution in [0.3, 0.4) is 0 Å². The summed E-state index contributed by atoms with van der Waals surface area (Å²) in [5, 5.41) is 3.09. The zero-order valence-corrected chi connectivity index (χ0v) is 13.4. The third-order valence-corrected chi connectivity index (χ3v) is 4.94. The van der Waals surface area contributed by atoms with Crippen molar-refractivity contribution in [3.05, 3.63) is 23.8 Å². The van der Waals surface area contributed by atoms with Gasteiger partial charge in [-0.05, 0) is 54.2 Å². The molecule has 0 spiro atoms. The number of fused-ring (bicyclic) bond motifs is 1. The Morgan fingerprint density at radius 2 is 1.86 bits per heavy atom. The van der Waals surface area contributed by atoms with Gasteiger partial charge < -0.3 is 10.1 Å². The summed E-state index contributed by atoms with van der Waals surface area (Å²) in [6, 6.07) is 6.06. The van der Waals surface area contributed by atoms with Gasteiger partial charge in [0.2, 0.25) is 5.91 Å². The number of carbonyl (C=O) groups excluding carboxylic acids is 1. The fourth-order valence-electron chi connectivity index (χ4n) is 3.44. The SMILES string of the molecule is COc1ccc(C(C)(C)C)cc1NC(=O)C1CC2CC2C1. The van der Waals surface area contributed by atoms with E-state index in [2.05, 4.69) is 32.2 Å². The maximum Gasteiger partial charge on any atom is 0.227 e. The van der Waals surface area contributed by atoms with Crippen LogP contribution >= 0.6 is 0 Å². The van der Waals surface area contributed by atoms with Gasteiger partial charge in [-0.1, -0.05) is 26.8 Å². The molecule has 0 bridgehead atoms. The standard InChI is InChI=1S/C18H25NO2/c1-18(2,3)14-5-6-16(21-4)15(10-14)19-17(20)13-8-11-7-12(11)9-13/h5-6,10-13H,7-9H2,1-4H3,(H,19,20). The van der Waals surface area contributed by atoms with Crippen LogP contribution in [0.2, 0.25) is 0 Å². The molecule has 0 aromatic heterocycles. The minimum Gasteiger partial charge on any atom is -0.495 e. The van der Waals surface area contributed by atoms with Crippen molar-refractivity contribution in [1.82, 2.24) is 0 Å². The summed E-state index contributed by atoms with van der Waals surface area (Å²) in [4.78, 5) is 12.4. The van der Waals surface area contributed by atoms with Crippen LogP contribution in [0, 0.1) is 17.8 Å². The topological polar surface area (TPSA) is 38.3 Å². The molecule has 2 fully saturated rings. The van der Waals surface area contributed by atoms with E-state index in [9.17, 15) is 4.79 Å². The molecule has 0 heterocycles. The van der Waals surface area contributed by atoms with E-state index in [-0.39, 0.29) is 17.2 Å². The molecular formula is C18H25NO2. The average molecular weight is 287 g/mol. The van der Waals surface area contributed by atoms with E-state index in [0.29, 0.717) is 0 Å². The Balaban J connectivity index is 1.77. The number of methoxy groups -OCH3 is 1. The predicted molar refractivity (Wildman–Crippen MR) is 84.6 cm³/mol. The molecule has 2 saturated carbocycles. The van der Waals surface area contributed by atoms with Crippen molar-refractivity contribution >= 4 is 11.6 Å². The second kappa shape index (κ2) is 5.04. The zero-order chi connectivity index (χ0) is 15.2. The van der Waals surface area contributed by atoms with Crippen LogP contribution in [0.5, 0.6) is 5.75 Å². The summed E-state index contributed by atoms with van der Waals surface area (Å²) < 4.78 is 5.39. The molecule has 2 aliphatic carbocycles. The fourth-order valence-corrected chi connectivity index (χ4v) is 3.44. The molecular weight excluding hydrogens is 262 g/mol. The van der Waals surface area contributed by atoms with Gasteiger partial charge in [-0.15, -0.1) is 0 Å². The van der Waals surface area contributed by atoms with Crippen LogP contribution in [-0.4, -0.2) is 13.0 Å². The second-order valence-corrected chi connectivity index (χ2v) is 7.58. The number of hydrogen-bond acceptors (Lipinski definition) is 2.